The van der Waals surface area contributed by atoms with Crippen LogP contribution in [0.1, 0.15) is 30.9 Å². The molecule has 12 heteroatoms. The van der Waals surface area contributed by atoms with Crippen molar-refractivity contribution in [2.75, 3.05) is 15.4 Å². The number of aromatic nitrogens is 3. The molecule has 1 aliphatic heterocycles. The summed E-state index contributed by atoms with van der Waals surface area (Å²) in [4.78, 5) is 30.8. The summed E-state index contributed by atoms with van der Waals surface area (Å²) in [5.74, 6) is 0.134. The molecule has 0 fully saturated rings. The van der Waals surface area contributed by atoms with E-state index in [4.69, 9.17) is 0 Å². The average Bonchev–Trinajstić information content (AvgIpc) is 3.36. The zero-order valence-corrected chi connectivity index (χ0v) is 22.6. The van der Waals surface area contributed by atoms with E-state index in [1.54, 1.807) is 48.5 Å². The second kappa shape index (κ2) is 11.3. The van der Waals surface area contributed by atoms with Crippen LogP contribution in [0, 0.1) is 5.82 Å². The van der Waals surface area contributed by atoms with E-state index in [-0.39, 0.29) is 28.5 Å². The summed E-state index contributed by atoms with van der Waals surface area (Å²) in [5.41, 5.74) is 0.261. The number of hydrogen-bond donors (Lipinski definition) is 3. The number of benzene rings is 2. The van der Waals surface area contributed by atoms with Gasteiger partial charge in [-0.25, -0.2) is 22.6 Å². The number of pyridine rings is 1. The Bertz CT molecular complexity index is 1740. The van der Waals surface area contributed by atoms with Crippen molar-refractivity contribution in [3.8, 4) is 0 Å². The maximum absolute atomic E-state index is 14.3. The highest BCUT2D eigenvalue weighted by Crippen LogP contribution is 2.26. The zero-order valence-electron chi connectivity index (χ0n) is 21.8. The highest BCUT2D eigenvalue weighted by atomic mass is 32.2. The third-order valence-electron chi connectivity index (χ3n) is 6.66. The zero-order chi connectivity index (χ0) is 28.3. The third-order valence-corrected chi connectivity index (χ3v) is 8.03. The van der Waals surface area contributed by atoms with Crippen molar-refractivity contribution >= 4 is 27.3 Å². The number of nitrogens with one attached hydrogen (secondary N) is 3. The van der Waals surface area contributed by atoms with Gasteiger partial charge in [0.1, 0.15) is 29.3 Å². The van der Waals surface area contributed by atoms with Crippen molar-refractivity contribution in [1.29, 1.82) is 0 Å². The molecule has 5 rings (SSSR count). The van der Waals surface area contributed by atoms with Crippen LogP contribution >= 0.6 is 0 Å². The van der Waals surface area contributed by atoms with Crippen LogP contribution in [0.3, 0.4) is 0 Å². The molecule has 0 radical (unpaired) electrons. The summed E-state index contributed by atoms with van der Waals surface area (Å²) in [6, 6.07) is 17.4. The second-order valence-electron chi connectivity index (χ2n) is 9.50. The van der Waals surface area contributed by atoms with Gasteiger partial charge in [0.2, 0.25) is 0 Å². The van der Waals surface area contributed by atoms with Gasteiger partial charge in [0, 0.05) is 24.7 Å². The minimum Gasteiger partial charge on any atom is -0.358 e. The largest absolute Gasteiger partial charge is 0.358 e. The molecule has 208 valence electrons. The number of unbranched alkanes of at least 4 members (excludes halogenated alkanes) is 1. The molecule has 0 saturated heterocycles. The van der Waals surface area contributed by atoms with Gasteiger partial charge in [0.05, 0.1) is 11.4 Å². The molecule has 2 aromatic carbocycles. The molecule has 40 heavy (non-hydrogen) atoms. The van der Waals surface area contributed by atoms with Crippen LogP contribution in [0.15, 0.2) is 87.4 Å². The molecule has 0 bridgehead atoms. The van der Waals surface area contributed by atoms with E-state index in [1.165, 1.54) is 29.0 Å². The second-order valence-corrected chi connectivity index (χ2v) is 11.2. The van der Waals surface area contributed by atoms with E-state index in [0.717, 1.165) is 23.0 Å². The quantitative estimate of drug-likeness (QED) is 0.269. The summed E-state index contributed by atoms with van der Waals surface area (Å²) in [7, 11) is -3.81. The lowest BCUT2D eigenvalue weighted by molar-refractivity contribution is 0.547. The monoisotopic (exact) mass is 564 g/mol. The van der Waals surface area contributed by atoms with Crippen molar-refractivity contribution < 1.29 is 12.8 Å². The number of halogens is 1. The van der Waals surface area contributed by atoms with Crippen molar-refractivity contribution in [2.45, 2.75) is 50.3 Å². The summed E-state index contributed by atoms with van der Waals surface area (Å²) in [5, 5.41) is 6.42. The molecule has 10 nitrogen and oxygen atoms in total. The number of rotatable bonds is 10. The lowest BCUT2D eigenvalue weighted by Crippen LogP contribution is -2.41. The van der Waals surface area contributed by atoms with Gasteiger partial charge in [-0.05, 0) is 42.3 Å². The topological polar surface area (TPSA) is 127 Å². The van der Waals surface area contributed by atoms with E-state index in [1.807, 2.05) is 6.92 Å². The maximum Gasteiger partial charge on any atom is 0.332 e. The molecule has 1 atom stereocenters. The van der Waals surface area contributed by atoms with Crippen LogP contribution in [0.25, 0.3) is 0 Å². The van der Waals surface area contributed by atoms with Gasteiger partial charge in [-0.3, -0.25) is 18.7 Å². The normalized spacial score (nSPS) is 14.3. The van der Waals surface area contributed by atoms with Crippen LogP contribution in [0.5, 0.6) is 0 Å². The predicted molar refractivity (Wildman–Crippen MR) is 152 cm³/mol. The molecular weight excluding hydrogens is 535 g/mol. The molecule has 3 heterocycles. The molecule has 0 amide bonds. The highest BCUT2D eigenvalue weighted by Gasteiger charge is 2.29. The van der Waals surface area contributed by atoms with Crippen molar-refractivity contribution in [3.05, 3.63) is 111 Å². The van der Waals surface area contributed by atoms with Gasteiger partial charge in [-0.15, -0.1) is 0 Å². The van der Waals surface area contributed by atoms with Crippen molar-refractivity contribution in [1.82, 2.24) is 14.1 Å². The van der Waals surface area contributed by atoms with Crippen LogP contribution in [0.4, 0.5) is 21.7 Å². The van der Waals surface area contributed by atoms with Gasteiger partial charge < -0.3 is 10.6 Å². The van der Waals surface area contributed by atoms with E-state index in [9.17, 15) is 22.4 Å². The first-order valence-corrected chi connectivity index (χ1v) is 14.4. The highest BCUT2D eigenvalue weighted by molar-refractivity contribution is 7.92. The molecule has 4 aromatic rings. The molecular formula is C28H29FN6O4S. The summed E-state index contributed by atoms with van der Waals surface area (Å²) in [6.07, 6.45) is 3.04. The summed E-state index contributed by atoms with van der Waals surface area (Å²) < 4.78 is 44.8. The fraction of sp³-hybridized carbons (Fsp3) is 0.250. The van der Waals surface area contributed by atoms with E-state index in [2.05, 4.69) is 20.3 Å². The van der Waals surface area contributed by atoms with Gasteiger partial charge in [-0.2, -0.15) is 0 Å². The van der Waals surface area contributed by atoms with Gasteiger partial charge in [0.15, 0.2) is 0 Å². The number of fused-ring (bicyclic) bond motifs is 1. The van der Waals surface area contributed by atoms with Gasteiger partial charge in [0.25, 0.3) is 15.6 Å². The Morgan fingerprint density at radius 3 is 2.42 bits per heavy atom. The molecule has 2 aromatic heterocycles. The van der Waals surface area contributed by atoms with Gasteiger partial charge in [-0.1, -0.05) is 49.7 Å². The lowest BCUT2D eigenvalue weighted by atomic mass is 10.1. The SMILES string of the molecule is CCCCn1c2c(c(=O)n(Cc3ccccc3F)c1=O)NC(Cc1ccc(S(=O)(=O)Nc3ccccn3)cc1)N2. The minimum atomic E-state index is -3.81. The minimum absolute atomic E-state index is 0.0852. The van der Waals surface area contributed by atoms with E-state index < -0.39 is 33.3 Å². The van der Waals surface area contributed by atoms with Crippen LogP contribution < -0.4 is 26.6 Å². The maximum atomic E-state index is 14.3. The first kappa shape index (κ1) is 27.1. The van der Waals surface area contributed by atoms with Crippen LogP contribution in [0.2, 0.25) is 0 Å². The Balaban J connectivity index is 1.37. The smallest absolute Gasteiger partial charge is 0.332 e. The average molecular weight is 565 g/mol. The molecule has 0 aliphatic carbocycles. The fourth-order valence-electron chi connectivity index (χ4n) is 4.58. The van der Waals surface area contributed by atoms with Crippen molar-refractivity contribution in [2.24, 2.45) is 0 Å². The number of nitrogens with zero attached hydrogens (tertiary/aromatic N) is 3. The van der Waals surface area contributed by atoms with E-state index in [0.29, 0.717) is 18.8 Å². The Labute approximate surface area is 230 Å². The van der Waals surface area contributed by atoms with Crippen LogP contribution in [-0.2, 0) is 29.5 Å². The number of sulfonamides is 1. The predicted octanol–water partition coefficient (Wildman–Crippen LogP) is 3.60. The lowest BCUT2D eigenvalue weighted by Gasteiger charge is -2.15. The molecule has 0 spiro atoms. The summed E-state index contributed by atoms with van der Waals surface area (Å²) in [6.45, 7) is 2.22. The molecule has 0 saturated carbocycles. The molecule has 1 aliphatic rings. The molecule has 3 N–H and O–H groups in total. The van der Waals surface area contributed by atoms with E-state index >= 15 is 0 Å². The molecule has 1 unspecified atom stereocenters. The Hall–Kier alpha value is -4.45. The Morgan fingerprint density at radius 1 is 0.975 bits per heavy atom. The third kappa shape index (κ3) is 5.62. The Kier molecular flexibility index (Phi) is 7.69. The van der Waals surface area contributed by atoms with Crippen LogP contribution in [-0.4, -0.2) is 28.7 Å². The first-order valence-electron chi connectivity index (χ1n) is 12.9. The standard InChI is InChI=1S/C28H29FN6O4S/c1-2-3-16-34-26-25(27(36)35(28(34)37)18-20-8-4-5-9-22(20)29)31-24(32-26)17-19-11-13-21(14-12-19)40(38,39)33-23-10-6-7-15-30-23/h4-15,24,31-32H,2-3,16-18H2,1H3,(H,30,33). The van der Waals surface area contributed by atoms with Gasteiger partial charge >= 0.3 is 5.69 Å². The number of anilines is 3. The first-order chi connectivity index (χ1) is 19.3. The summed E-state index contributed by atoms with van der Waals surface area (Å²) >= 11 is 0. The fourth-order valence-corrected chi connectivity index (χ4v) is 5.59. The Morgan fingerprint density at radius 2 is 1.73 bits per heavy atom. The van der Waals surface area contributed by atoms with Crippen molar-refractivity contribution in [3.63, 3.8) is 0 Å². The number of hydrogen-bond acceptors (Lipinski definition) is 7.